The largest absolute Gasteiger partial charge is 0.356 e. The Morgan fingerprint density at radius 1 is 1.30 bits per heavy atom. The van der Waals surface area contributed by atoms with Crippen molar-refractivity contribution in [2.45, 2.75) is 33.2 Å². The van der Waals surface area contributed by atoms with Gasteiger partial charge in [-0.3, -0.25) is 4.79 Å². The Morgan fingerprint density at radius 3 is 2.65 bits per heavy atom. The summed E-state index contributed by atoms with van der Waals surface area (Å²) in [5.41, 5.74) is 2.36. The molecular formula is C17H27BrN4O. The molecule has 6 heteroatoms. The molecule has 0 bridgehead atoms. The molecule has 1 rings (SSSR count). The number of likely N-dealkylation sites (N-methyl/N-ethyl adjacent to an activating group) is 1. The Labute approximate surface area is 147 Å². The van der Waals surface area contributed by atoms with Crippen LogP contribution in [0.5, 0.6) is 0 Å². The van der Waals surface area contributed by atoms with E-state index in [1.165, 1.54) is 11.1 Å². The molecule has 128 valence electrons. The van der Waals surface area contributed by atoms with Gasteiger partial charge in [0.2, 0.25) is 5.91 Å². The summed E-state index contributed by atoms with van der Waals surface area (Å²) in [6.45, 7) is 5.88. The molecular weight excluding hydrogens is 356 g/mol. The van der Waals surface area contributed by atoms with Crippen LogP contribution in [-0.4, -0.2) is 44.0 Å². The third-order valence-corrected chi connectivity index (χ3v) is 3.93. The van der Waals surface area contributed by atoms with Gasteiger partial charge in [0, 0.05) is 25.1 Å². The second-order valence-corrected chi connectivity index (χ2v) is 6.57. The fourth-order valence-corrected chi connectivity index (χ4v) is 2.35. The van der Waals surface area contributed by atoms with Crippen molar-refractivity contribution in [3.05, 3.63) is 33.8 Å². The number of nitrogens with one attached hydrogen (secondary N) is 2. The molecule has 23 heavy (non-hydrogen) atoms. The van der Waals surface area contributed by atoms with Gasteiger partial charge >= 0.3 is 0 Å². The summed E-state index contributed by atoms with van der Waals surface area (Å²) < 4.78 is 1.07. The van der Waals surface area contributed by atoms with Gasteiger partial charge in [-0.2, -0.15) is 0 Å². The van der Waals surface area contributed by atoms with Crippen LogP contribution in [0.25, 0.3) is 0 Å². The van der Waals surface area contributed by atoms with E-state index < -0.39 is 0 Å². The lowest BCUT2D eigenvalue weighted by molar-refractivity contribution is -0.127. The van der Waals surface area contributed by atoms with Gasteiger partial charge in [-0.15, -0.1) is 0 Å². The number of aryl methyl sites for hydroxylation is 1. The molecule has 0 heterocycles. The van der Waals surface area contributed by atoms with Gasteiger partial charge in [0.05, 0.1) is 13.1 Å². The van der Waals surface area contributed by atoms with Crippen LogP contribution in [-0.2, 0) is 11.3 Å². The number of rotatable bonds is 7. The summed E-state index contributed by atoms with van der Waals surface area (Å²) in [5.74, 6) is 0.700. The lowest BCUT2D eigenvalue weighted by Crippen LogP contribution is -2.43. The Balaban J connectivity index is 2.70. The molecule has 1 aromatic carbocycles. The molecule has 0 saturated carbocycles. The minimum absolute atomic E-state index is 0.0230. The molecule has 1 amide bonds. The van der Waals surface area contributed by atoms with Gasteiger partial charge in [0.15, 0.2) is 5.96 Å². The number of halogens is 1. The van der Waals surface area contributed by atoms with E-state index in [9.17, 15) is 4.79 Å². The topological polar surface area (TPSA) is 56.7 Å². The van der Waals surface area contributed by atoms with Crippen molar-refractivity contribution < 1.29 is 4.79 Å². The number of carbonyl (C=O) groups excluding carboxylic acids is 1. The number of hydrogen-bond acceptors (Lipinski definition) is 2. The first-order chi connectivity index (χ1) is 10.9. The molecule has 0 radical (unpaired) electrons. The Morgan fingerprint density at radius 2 is 2.04 bits per heavy atom. The fourth-order valence-electron chi connectivity index (χ4n) is 1.88. The molecule has 1 aromatic rings. The normalized spacial score (nSPS) is 11.3. The predicted octanol–water partition coefficient (Wildman–Crippen LogP) is 2.68. The number of guanidine groups is 1. The highest BCUT2D eigenvalue weighted by Gasteiger charge is 2.06. The molecule has 0 aromatic heterocycles. The van der Waals surface area contributed by atoms with Crippen LogP contribution in [0.1, 0.15) is 30.9 Å². The van der Waals surface area contributed by atoms with Gasteiger partial charge in [0.1, 0.15) is 0 Å². The minimum Gasteiger partial charge on any atom is -0.356 e. The van der Waals surface area contributed by atoms with Crippen LogP contribution in [0.2, 0.25) is 0 Å². The van der Waals surface area contributed by atoms with Crippen LogP contribution in [0, 0.1) is 6.92 Å². The maximum absolute atomic E-state index is 11.7. The zero-order valence-corrected chi connectivity index (χ0v) is 16.0. The molecule has 0 unspecified atom stereocenters. The highest BCUT2D eigenvalue weighted by Crippen LogP contribution is 2.16. The van der Waals surface area contributed by atoms with Crippen molar-refractivity contribution in [2.24, 2.45) is 4.99 Å². The van der Waals surface area contributed by atoms with Crippen molar-refractivity contribution in [3.63, 3.8) is 0 Å². The van der Waals surface area contributed by atoms with Crippen molar-refractivity contribution in [2.75, 3.05) is 27.2 Å². The zero-order chi connectivity index (χ0) is 17.2. The minimum atomic E-state index is 0.0230. The van der Waals surface area contributed by atoms with Gasteiger partial charge in [-0.05, 0) is 36.6 Å². The Hall–Kier alpha value is -1.56. The quantitative estimate of drug-likeness (QED) is 0.433. The first-order valence-electron chi connectivity index (χ1n) is 7.91. The number of unbranched alkanes of at least 4 members (excludes halogenated alkanes) is 1. The van der Waals surface area contributed by atoms with Crippen molar-refractivity contribution >= 4 is 27.8 Å². The summed E-state index contributed by atoms with van der Waals surface area (Å²) in [4.78, 5) is 17.9. The standard InChI is InChI=1S/C17H27BrN4O/c1-5-6-9-19-17(21-12-16(23)22(3)4)20-11-14-7-8-15(18)10-13(14)2/h7-8,10H,5-6,9,11-12H2,1-4H3,(H2,19,20,21). The number of hydrogen-bond donors (Lipinski definition) is 2. The molecule has 2 N–H and O–H groups in total. The van der Waals surface area contributed by atoms with Gasteiger partial charge in [0.25, 0.3) is 0 Å². The summed E-state index contributed by atoms with van der Waals surface area (Å²) in [7, 11) is 3.49. The molecule has 0 aliphatic carbocycles. The Kier molecular flexibility index (Phi) is 8.69. The second-order valence-electron chi connectivity index (χ2n) is 5.66. The number of nitrogens with zero attached hydrogens (tertiary/aromatic N) is 2. The van der Waals surface area contributed by atoms with Crippen LogP contribution in [0.3, 0.4) is 0 Å². The molecule has 0 aliphatic heterocycles. The summed E-state index contributed by atoms with van der Waals surface area (Å²) >= 11 is 3.47. The average molecular weight is 383 g/mol. The number of carbonyl (C=O) groups is 1. The van der Waals surface area contributed by atoms with Crippen LogP contribution < -0.4 is 10.6 Å². The smallest absolute Gasteiger partial charge is 0.241 e. The molecule has 0 fully saturated rings. The zero-order valence-electron chi connectivity index (χ0n) is 14.4. The molecule has 0 spiro atoms. The average Bonchev–Trinajstić information content (AvgIpc) is 2.50. The van der Waals surface area contributed by atoms with Crippen molar-refractivity contribution in [1.82, 2.24) is 15.5 Å². The van der Waals surface area contributed by atoms with Crippen LogP contribution in [0.4, 0.5) is 0 Å². The van der Waals surface area contributed by atoms with E-state index in [1.54, 1.807) is 19.0 Å². The molecule has 0 aliphatic rings. The molecule has 0 saturated heterocycles. The lowest BCUT2D eigenvalue weighted by atomic mass is 10.1. The number of aliphatic imine (C=N–C) groups is 1. The van der Waals surface area contributed by atoms with E-state index in [1.807, 2.05) is 6.07 Å². The summed E-state index contributed by atoms with van der Waals surface area (Å²) in [5, 5.41) is 6.37. The SMILES string of the molecule is CCCCNC(=NCc1ccc(Br)cc1C)NCC(=O)N(C)C. The monoisotopic (exact) mass is 382 g/mol. The fraction of sp³-hybridized carbons (Fsp3) is 0.529. The summed E-state index contributed by atoms with van der Waals surface area (Å²) in [6.07, 6.45) is 2.18. The third-order valence-electron chi connectivity index (χ3n) is 3.44. The number of benzene rings is 1. The van der Waals surface area contributed by atoms with Gasteiger partial charge < -0.3 is 15.5 Å². The van der Waals surface area contributed by atoms with Crippen LogP contribution >= 0.6 is 15.9 Å². The van der Waals surface area contributed by atoms with E-state index in [0.717, 1.165) is 23.9 Å². The highest BCUT2D eigenvalue weighted by atomic mass is 79.9. The summed E-state index contributed by atoms with van der Waals surface area (Å²) in [6, 6.07) is 6.17. The molecule has 0 atom stereocenters. The predicted molar refractivity (Wildman–Crippen MR) is 99.6 cm³/mol. The van der Waals surface area contributed by atoms with E-state index >= 15 is 0 Å². The second kappa shape index (κ2) is 10.3. The first-order valence-corrected chi connectivity index (χ1v) is 8.70. The highest BCUT2D eigenvalue weighted by molar-refractivity contribution is 9.10. The first kappa shape index (κ1) is 19.5. The maximum atomic E-state index is 11.7. The van der Waals surface area contributed by atoms with E-state index in [0.29, 0.717) is 12.5 Å². The Bertz CT molecular complexity index is 543. The maximum Gasteiger partial charge on any atom is 0.241 e. The van der Waals surface area contributed by atoms with Crippen LogP contribution in [0.15, 0.2) is 27.7 Å². The van der Waals surface area contributed by atoms with E-state index in [4.69, 9.17) is 0 Å². The lowest BCUT2D eigenvalue weighted by Gasteiger charge is -2.15. The third kappa shape index (κ3) is 7.50. The van der Waals surface area contributed by atoms with Crippen molar-refractivity contribution in [3.8, 4) is 0 Å². The van der Waals surface area contributed by atoms with E-state index in [2.05, 4.69) is 57.5 Å². The molecule has 5 nitrogen and oxygen atoms in total. The number of amides is 1. The van der Waals surface area contributed by atoms with Gasteiger partial charge in [-0.1, -0.05) is 35.3 Å². The van der Waals surface area contributed by atoms with Gasteiger partial charge in [-0.25, -0.2) is 4.99 Å². The van der Waals surface area contributed by atoms with Crippen molar-refractivity contribution in [1.29, 1.82) is 0 Å². The van der Waals surface area contributed by atoms with E-state index in [-0.39, 0.29) is 12.5 Å².